The summed E-state index contributed by atoms with van der Waals surface area (Å²) in [7, 11) is 0. The molecule has 0 amide bonds. The van der Waals surface area contributed by atoms with Gasteiger partial charge in [-0.15, -0.1) is 0 Å². The molecule has 2 rings (SSSR count). The maximum atomic E-state index is 11.2. The molecule has 1 aromatic heterocycles. The summed E-state index contributed by atoms with van der Waals surface area (Å²) in [5.41, 5.74) is 6.85. The number of benzene rings is 1. The average Bonchev–Trinajstić information content (AvgIpc) is 2.98. The Kier molecular flexibility index (Phi) is 4.51. The lowest BCUT2D eigenvalue weighted by Gasteiger charge is -2.19. The lowest BCUT2D eigenvalue weighted by molar-refractivity contribution is -0.146. The molecule has 0 saturated carbocycles. The van der Waals surface area contributed by atoms with Crippen LogP contribution in [0.25, 0.3) is 11.1 Å². The zero-order chi connectivity index (χ0) is 17.2. The molecule has 0 aliphatic heterocycles. The van der Waals surface area contributed by atoms with Gasteiger partial charge < -0.3 is 15.9 Å². The third-order valence-corrected chi connectivity index (χ3v) is 3.74. The third kappa shape index (κ3) is 3.57. The lowest BCUT2D eigenvalue weighted by atomic mass is 10.0. The fourth-order valence-electron chi connectivity index (χ4n) is 2.05. The Morgan fingerprint density at radius 2 is 1.83 bits per heavy atom. The van der Waals surface area contributed by atoms with E-state index in [1.807, 2.05) is 12.1 Å². The molecule has 1 aromatic carbocycles. The van der Waals surface area contributed by atoms with Crippen LogP contribution in [0.4, 0.5) is 0 Å². The predicted octanol–water partition coefficient (Wildman–Crippen LogP) is 1.32. The molecule has 1 heterocycles. The van der Waals surface area contributed by atoms with E-state index in [2.05, 4.69) is 5.10 Å². The van der Waals surface area contributed by atoms with E-state index in [-0.39, 0.29) is 6.42 Å². The number of nitrogens with zero attached hydrogens (tertiary/aromatic N) is 2. The zero-order valence-corrected chi connectivity index (χ0v) is 12.9. The molecule has 0 radical (unpaired) electrons. The van der Waals surface area contributed by atoms with Crippen molar-refractivity contribution in [2.75, 3.05) is 0 Å². The maximum absolute atomic E-state index is 11.2. The molecule has 7 nitrogen and oxygen atoms in total. The smallest absolute Gasteiger partial charge is 0.331 e. The van der Waals surface area contributed by atoms with E-state index in [4.69, 9.17) is 10.8 Å². The van der Waals surface area contributed by atoms with Crippen LogP contribution in [0.1, 0.15) is 19.4 Å². The van der Waals surface area contributed by atoms with Crippen molar-refractivity contribution < 1.29 is 19.8 Å². The molecule has 0 aliphatic carbocycles. The van der Waals surface area contributed by atoms with Gasteiger partial charge in [-0.25, -0.2) is 4.79 Å². The molecule has 0 aliphatic rings. The van der Waals surface area contributed by atoms with Gasteiger partial charge in [0.2, 0.25) is 0 Å². The average molecular weight is 317 g/mol. The fourth-order valence-corrected chi connectivity index (χ4v) is 2.05. The van der Waals surface area contributed by atoms with Gasteiger partial charge in [0.15, 0.2) is 5.54 Å². The van der Waals surface area contributed by atoms with Crippen LogP contribution in [0.3, 0.4) is 0 Å². The number of carbonyl (C=O) groups is 2. The molecule has 23 heavy (non-hydrogen) atoms. The Hall–Kier alpha value is -2.67. The summed E-state index contributed by atoms with van der Waals surface area (Å²) < 4.78 is 1.40. The highest BCUT2D eigenvalue weighted by molar-refractivity contribution is 5.76. The van der Waals surface area contributed by atoms with Crippen LogP contribution in [0.15, 0.2) is 36.7 Å². The number of carboxylic acid groups (broad SMARTS) is 2. The van der Waals surface area contributed by atoms with Gasteiger partial charge in [0, 0.05) is 11.8 Å². The molecule has 7 heteroatoms. The van der Waals surface area contributed by atoms with Crippen LogP contribution in [0, 0.1) is 0 Å². The highest BCUT2D eigenvalue weighted by Crippen LogP contribution is 2.23. The lowest BCUT2D eigenvalue weighted by Crippen LogP contribution is -2.35. The van der Waals surface area contributed by atoms with E-state index in [1.54, 1.807) is 38.4 Å². The van der Waals surface area contributed by atoms with Gasteiger partial charge in [0.25, 0.3) is 0 Å². The summed E-state index contributed by atoms with van der Waals surface area (Å²) in [6, 6.07) is 6.34. The highest BCUT2D eigenvalue weighted by atomic mass is 16.4. The number of carboxylic acids is 2. The van der Waals surface area contributed by atoms with Gasteiger partial charge in [0.05, 0.1) is 6.20 Å². The van der Waals surface area contributed by atoms with Crippen LogP contribution in [0.5, 0.6) is 0 Å². The standard InChI is InChI=1S/C16H19N3O4/c1-16(2,15(22)23)19-9-12(8-18-19)11-5-3-10(4-6-11)7-13(17)14(20)21/h3-6,8-9,13H,7,17H2,1-2H3,(H,20,21)(H,22,23)/t13-/m0/s1. The minimum Gasteiger partial charge on any atom is -0.480 e. The second kappa shape index (κ2) is 6.21. The number of aromatic nitrogens is 2. The van der Waals surface area contributed by atoms with E-state index in [0.29, 0.717) is 0 Å². The molecular weight excluding hydrogens is 298 g/mol. The van der Waals surface area contributed by atoms with Crippen molar-refractivity contribution in [3.05, 3.63) is 42.2 Å². The molecule has 0 spiro atoms. The van der Waals surface area contributed by atoms with Crippen LogP contribution in [-0.4, -0.2) is 38.0 Å². The van der Waals surface area contributed by atoms with Crippen molar-refractivity contribution in [1.29, 1.82) is 0 Å². The minimum atomic E-state index is -1.13. The molecule has 0 fully saturated rings. The first-order valence-electron chi connectivity index (χ1n) is 7.08. The van der Waals surface area contributed by atoms with Crippen molar-refractivity contribution in [2.45, 2.75) is 31.8 Å². The van der Waals surface area contributed by atoms with Gasteiger partial charge in [-0.2, -0.15) is 5.10 Å². The Labute approximate surface area is 133 Å². The van der Waals surface area contributed by atoms with Crippen LogP contribution < -0.4 is 5.73 Å². The topological polar surface area (TPSA) is 118 Å². The first kappa shape index (κ1) is 16.7. The summed E-state index contributed by atoms with van der Waals surface area (Å²) in [5, 5.41) is 22.2. The summed E-state index contributed by atoms with van der Waals surface area (Å²) in [6.45, 7) is 3.14. The normalized spacial score (nSPS) is 12.8. The van der Waals surface area contributed by atoms with Crippen LogP contribution >= 0.6 is 0 Å². The Morgan fingerprint density at radius 3 is 2.35 bits per heavy atom. The molecule has 0 unspecified atom stereocenters. The molecular formula is C16H19N3O4. The summed E-state index contributed by atoms with van der Waals surface area (Å²) in [6.07, 6.45) is 3.52. The second-order valence-corrected chi connectivity index (χ2v) is 5.88. The number of hydrogen-bond acceptors (Lipinski definition) is 4. The van der Waals surface area contributed by atoms with Crippen molar-refractivity contribution in [1.82, 2.24) is 9.78 Å². The Morgan fingerprint density at radius 1 is 1.22 bits per heavy atom. The monoisotopic (exact) mass is 317 g/mol. The van der Waals surface area contributed by atoms with Crippen molar-refractivity contribution in [3.63, 3.8) is 0 Å². The highest BCUT2D eigenvalue weighted by Gasteiger charge is 2.30. The molecule has 122 valence electrons. The quantitative estimate of drug-likeness (QED) is 0.739. The Balaban J connectivity index is 2.19. The number of rotatable bonds is 6. The summed E-state index contributed by atoms with van der Waals surface area (Å²) >= 11 is 0. The summed E-state index contributed by atoms with van der Waals surface area (Å²) in [5.74, 6) is -2.00. The van der Waals surface area contributed by atoms with Gasteiger partial charge >= 0.3 is 11.9 Å². The molecule has 0 saturated heterocycles. The molecule has 1 atom stereocenters. The largest absolute Gasteiger partial charge is 0.480 e. The third-order valence-electron chi connectivity index (χ3n) is 3.74. The van der Waals surface area contributed by atoms with E-state index >= 15 is 0 Å². The summed E-state index contributed by atoms with van der Waals surface area (Å²) in [4.78, 5) is 22.0. The first-order valence-corrected chi connectivity index (χ1v) is 7.08. The van der Waals surface area contributed by atoms with Crippen LogP contribution in [-0.2, 0) is 21.5 Å². The Bertz CT molecular complexity index is 719. The number of aliphatic carboxylic acids is 2. The predicted molar refractivity (Wildman–Crippen MR) is 83.9 cm³/mol. The maximum Gasteiger partial charge on any atom is 0.331 e. The van der Waals surface area contributed by atoms with Gasteiger partial charge in [-0.1, -0.05) is 24.3 Å². The van der Waals surface area contributed by atoms with E-state index in [9.17, 15) is 14.7 Å². The van der Waals surface area contributed by atoms with E-state index in [0.717, 1.165) is 16.7 Å². The minimum absolute atomic E-state index is 0.251. The SMILES string of the molecule is CC(C)(C(=O)O)n1cc(-c2ccc(C[C@H](N)C(=O)O)cc2)cn1. The van der Waals surface area contributed by atoms with Gasteiger partial charge in [0.1, 0.15) is 6.04 Å². The van der Waals surface area contributed by atoms with Gasteiger partial charge in [-0.05, 0) is 31.4 Å². The van der Waals surface area contributed by atoms with Crippen molar-refractivity contribution >= 4 is 11.9 Å². The molecule has 2 aromatic rings. The second-order valence-electron chi connectivity index (χ2n) is 5.88. The van der Waals surface area contributed by atoms with E-state index in [1.165, 1.54) is 4.68 Å². The van der Waals surface area contributed by atoms with E-state index < -0.39 is 23.5 Å². The number of hydrogen-bond donors (Lipinski definition) is 3. The van der Waals surface area contributed by atoms with Gasteiger partial charge in [-0.3, -0.25) is 9.48 Å². The zero-order valence-electron chi connectivity index (χ0n) is 12.9. The van der Waals surface area contributed by atoms with Crippen molar-refractivity contribution in [2.24, 2.45) is 5.73 Å². The van der Waals surface area contributed by atoms with Crippen molar-refractivity contribution in [3.8, 4) is 11.1 Å². The number of nitrogens with two attached hydrogens (primary N) is 1. The molecule has 4 N–H and O–H groups in total. The van der Waals surface area contributed by atoms with Crippen LogP contribution in [0.2, 0.25) is 0 Å². The molecule has 0 bridgehead atoms. The first-order chi connectivity index (χ1) is 10.7. The fraction of sp³-hybridized carbons (Fsp3) is 0.312.